The van der Waals surface area contributed by atoms with Crippen LogP contribution in [-0.2, 0) is 16.1 Å². The number of carbonyl (C=O) groups is 3. The molecule has 4 amide bonds. The van der Waals surface area contributed by atoms with E-state index in [-0.39, 0.29) is 18.2 Å². The largest absolute Gasteiger partial charge is 0.353 e. The standard InChI is InChI=1S/C17H20N4O3/c1-11-10-12-4-2-3-5-14(12)21(11)9-8-18-16(23)13-6-7-15(22)20-17(24)19-13/h2-5,10,13H,6-9H2,1H3,(H,18,23)(H2,19,20,22,24). The molecule has 1 aromatic heterocycles. The third kappa shape index (κ3) is 3.40. The SMILES string of the molecule is Cc1cc2ccccc2n1CCNC(=O)C1CCC(=O)NC(=O)N1. The Balaban J connectivity index is 1.59. The van der Waals surface area contributed by atoms with Crippen LogP contribution in [0.4, 0.5) is 4.79 Å². The Hall–Kier alpha value is -2.83. The van der Waals surface area contributed by atoms with Gasteiger partial charge in [0.2, 0.25) is 11.8 Å². The Labute approximate surface area is 139 Å². The van der Waals surface area contributed by atoms with Crippen molar-refractivity contribution in [2.24, 2.45) is 0 Å². The van der Waals surface area contributed by atoms with Crippen LogP contribution in [0.5, 0.6) is 0 Å². The van der Waals surface area contributed by atoms with E-state index in [2.05, 4.69) is 32.7 Å². The summed E-state index contributed by atoms with van der Waals surface area (Å²) in [5.74, 6) is -0.633. The van der Waals surface area contributed by atoms with Crippen LogP contribution in [0.2, 0.25) is 0 Å². The molecule has 3 rings (SSSR count). The van der Waals surface area contributed by atoms with Gasteiger partial charge in [-0.2, -0.15) is 0 Å². The number of benzene rings is 1. The van der Waals surface area contributed by atoms with Gasteiger partial charge in [0.05, 0.1) is 0 Å². The minimum atomic E-state index is -0.682. The number of urea groups is 1. The second kappa shape index (κ2) is 6.74. The van der Waals surface area contributed by atoms with E-state index in [1.807, 2.05) is 25.1 Å². The van der Waals surface area contributed by atoms with Crippen molar-refractivity contribution in [3.8, 4) is 0 Å². The Bertz CT molecular complexity index is 796. The number of amides is 4. The minimum Gasteiger partial charge on any atom is -0.353 e. The van der Waals surface area contributed by atoms with Gasteiger partial charge in [-0.3, -0.25) is 14.9 Å². The summed E-state index contributed by atoms with van der Waals surface area (Å²) in [5.41, 5.74) is 2.25. The predicted molar refractivity (Wildman–Crippen MR) is 89.4 cm³/mol. The summed E-state index contributed by atoms with van der Waals surface area (Å²) in [5, 5.41) is 8.66. The van der Waals surface area contributed by atoms with E-state index in [1.165, 1.54) is 5.39 Å². The zero-order valence-corrected chi connectivity index (χ0v) is 13.5. The van der Waals surface area contributed by atoms with Gasteiger partial charge in [0.25, 0.3) is 0 Å². The van der Waals surface area contributed by atoms with Crippen molar-refractivity contribution in [2.75, 3.05) is 6.54 Å². The van der Waals surface area contributed by atoms with Crippen molar-refractivity contribution < 1.29 is 14.4 Å². The van der Waals surface area contributed by atoms with Crippen LogP contribution in [0.1, 0.15) is 18.5 Å². The van der Waals surface area contributed by atoms with Crippen molar-refractivity contribution in [2.45, 2.75) is 32.4 Å². The average Bonchev–Trinajstić information content (AvgIpc) is 2.75. The first-order valence-corrected chi connectivity index (χ1v) is 7.97. The highest BCUT2D eigenvalue weighted by Crippen LogP contribution is 2.18. The van der Waals surface area contributed by atoms with Crippen LogP contribution in [0.25, 0.3) is 10.9 Å². The lowest BCUT2D eigenvalue weighted by Gasteiger charge is -2.15. The lowest BCUT2D eigenvalue weighted by molar-refractivity contribution is -0.123. The first-order valence-electron chi connectivity index (χ1n) is 7.97. The van der Waals surface area contributed by atoms with Gasteiger partial charge in [-0.15, -0.1) is 0 Å². The first-order chi connectivity index (χ1) is 11.5. The van der Waals surface area contributed by atoms with Gasteiger partial charge in [-0.1, -0.05) is 18.2 Å². The third-order valence-electron chi connectivity index (χ3n) is 4.19. The molecule has 0 aliphatic carbocycles. The number of carbonyl (C=O) groups excluding carboxylic acids is 3. The van der Waals surface area contributed by atoms with Crippen LogP contribution in [0.15, 0.2) is 30.3 Å². The number of rotatable bonds is 4. The van der Waals surface area contributed by atoms with E-state index in [0.29, 0.717) is 19.5 Å². The quantitative estimate of drug-likeness (QED) is 0.783. The molecule has 7 nitrogen and oxygen atoms in total. The maximum Gasteiger partial charge on any atom is 0.322 e. The molecule has 0 bridgehead atoms. The fraction of sp³-hybridized carbons (Fsp3) is 0.353. The highest BCUT2D eigenvalue weighted by atomic mass is 16.2. The lowest BCUT2D eigenvalue weighted by Crippen LogP contribution is -2.48. The van der Waals surface area contributed by atoms with Gasteiger partial charge < -0.3 is 15.2 Å². The smallest absolute Gasteiger partial charge is 0.322 e. The molecular formula is C17H20N4O3. The molecule has 0 spiro atoms. The van der Waals surface area contributed by atoms with Crippen molar-refractivity contribution in [3.05, 3.63) is 36.0 Å². The molecule has 24 heavy (non-hydrogen) atoms. The third-order valence-corrected chi connectivity index (χ3v) is 4.19. The van der Waals surface area contributed by atoms with E-state index in [9.17, 15) is 14.4 Å². The van der Waals surface area contributed by atoms with E-state index in [0.717, 1.165) is 11.2 Å². The van der Waals surface area contributed by atoms with E-state index >= 15 is 0 Å². The number of imide groups is 1. The second-order valence-electron chi connectivity index (χ2n) is 5.90. The molecule has 0 saturated carbocycles. The zero-order valence-electron chi connectivity index (χ0n) is 13.5. The summed E-state index contributed by atoms with van der Waals surface area (Å²) in [4.78, 5) is 34.9. The summed E-state index contributed by atoms with van der Waals surface area (Å²) in [6.07, 6.45) is 0.451. The summed E-state index contributed by atoms with van der Waals surface area (Å²) in [6.45, 7) is 3.12. The second-order valence-corrected chi connectivity index (χ2v) is 5.90. The molecule has 1 saturated heterocycles. The molecule has 1 unspecified atom stereocenters. The Morgan fingerprint density at radius 1 is 1.33 bits per heavy atom. The normalized spacial score (nSPS) is 18.0. The van der Waals surface area contributed by atoms with Crippen molar-refractivity contribution in [3.63, 3.8) is 0 Å². The summed E-state index contributed by atoms with van der Waals surface area (Å²) < 4.78 is 2.15. The molecule has 3 N–H and O–H groups in total. The Morgan fingerprint density at radius 2 is 2.12 bits per heavy atom. The monoisotopic (exact) mass is 328 g/mol. The molecule has 7 heteroatoms. The Morgan fingerprint density at radius 3 is 2.96 bits per heavy atom. The number of nitrogens with zero attached hydrogens (tertiary/aromatic N) is 1. The van der Waals surface area contributed by atoms with Crippen molar-refractivity contribution >= 4 is 28.7 Å². The highest BCUT2D eigenvalue weighted by molar-refractivity contribution is 5.98. The Kier molecular flexibility index (Phi) is 4.50. The zero-order chi connectivity index (χ0) is 17.1. The van der Waals surface area contributed by atoms with Gasteiger partial charge in [0.1, 0.15) is 6.04 Å². The molecule has 1 aromatic carbocycles. The molecule has 126 valence electrons. The fourth-order valence-corrected chi connectivity index (χ4v) is 2.99. The van der Waals surface area contributed by atoms with Gasteiger partial charge in [-0.05, 0) is 30.9 Å². The number of aromatic nitrogens is 1. The molecule has 2 aromatic rings. The highest BCUT2D eigenvalue weighted by Gasteiger charge is 2.25. The molecule has 0 radical (unpaired) electrons. The van der Waals surface area contributed by atoms with Gasteiger partial charge >= 0.3 is 6.03 Å². The topological polar surface area (TPSA) is 92.2 Å². The van der Waals surface area contributed by atoms with Crippen LogP contribution in [0.3, 0.4) is 0 Å². The van der Waals surface area contributed by atoms with E-state index in [1.54, 1.807) is 0 Å². The van der Waals surface area contributed by atoms with Crippen LogP contribution in [-0.4, -0.2) is 35.0 Å². The van der Waals surface area contributed by atoms with E-state index in [4.69, 9.17) is 0 Å². The van der Waals surface area contributed by atoms with Gasteiger partial charge in [0.15, 0.2) is 0 Å². The minimum absolute atomic E-state index is 0.151. The average molecular weight is 328 g/mol. The molecule has 1 aliphatic heterocycles. The number of nitrogens with one attached hydrogen (secondary N) is 3. The molecule has 2 heterocycles. The van der Waals surface area contributed by atoms with Gasteiger partial charge in [0, 0.05) is 30.7 Å². The van der Waals surface area contributed by atoms with Crippen LogP contribution >= 0.6 is 0 Å². The molecule has 1 atom stereocenters. The first kappa shape index (κ1) is 16.0. The summed E-state index contributed by atoms with van der Waals surface area (Å²) in [7, 11) is 0. The molecule has 1 fully saturated rings. The van der Waals surface area contributed by atoms with Crippen LogP contribution in [0, 0.1) is 6.92 Å². The van der Waals surface area contributed by atoms with Crippen molar-refractivity contribution in [1.82, 2.24) is 20.5 Å². The maximum absolute atomic E-state index is 12.2. The number of hydrogen-bond donors (Lipinski definition) is 3. The number of aryl methyl sites for hydroxylation is 1. The maximum atomic E-state index is 12.2. The number of para-hydroxylation sites is 1. The molecule has 1 aliphatic rings. The van der Waals surface area contributed by atoms with Gasteiger partial charge in [-0.25, -0.2) is 4.79 Å². The predicted octanol–water partition coefficient (Wildman–Crippen LogP) is 1.05. The fourth-order valence-electron chi connectivity index (χ4n) is 2.99. The lowest BCUT2D eigenvalue weighted by atomic mass is 10.1. The molecular weight excluding hydrogens is 308 g/mol. The number of fused-ring (bicyclic) bond motifs is 1. The summed E-state index contributed by atoms with van der Waals surface area (Å²) in [6, 6.07) is 8.90. The van der Waals surface area contributed by atoms with Crippen molar-refractivity contribution in [1.29, 1.82) is 0 Å². The van der Waals surface area contributed by atoms with Crippen LogP contribution < -0.4 is 16.0 Å². The van der Waals surface area contributed by atoms with E-state index < -0.39 is 12.1 Å². The summed E-state index contributed by atoms with van der Waals surface area (Å²) >= 11 is 0. The number of hydrogen-bond acceptors (Lipinski definition) is 3.